The zero-order valence-electron chi connectivity index (χ0n) is 46.6. The lowest BCUT2D eigenvalue weighted by Crippen LogP contribution is -3.13. The third-order valence-corrected chi connectivity index (χ3v) is 14.4. The molecule has 14 heteroatoms. The van der Waals surface area contributed by atoms with Crippen LogP contribution in [0.4, 0.5) is 0 Å². The van der Waals surface area contributed by atoms with Crippen LogP contribution in [-0.4, -0.2) is 100.0 Å². The van der Waals surface area contributed by atoms with Crippen molar-refractivity contribution in [3.8, 4) is 0 Å². The number of nitrogens with one attached hydrogen (secondary N) is 1. The Kier molecular flexibility index (Phi) is 21.1. The molecule has 2 aliphatic rings. The lowest BCUT2D eigenvalue weighted by Gasteiger charge is -2.28. The van der Waals surface area contributed by atoms with E-state index in [-0.39, 0.29) is 59.3 Å². The molecular formula is C61H83ClN10O3. The molecule has 10 heterocycles. The number of Topliss-reactive ketones (excluding diaryl/α,β-unsaturated/α-hetero) is 3. The molecule has 8 aromatic heterocycles. The van der Waals surface area contributed by atoms with E-state index >= 15 is 0 Å². The number of likely N-dealkylation sites (tertiary alicyclic amines) is 2. The van der Waals surface area contributed by atoms with E-state index in [0.29, 0.717) is 12.3 Å². The molecule has 8 aromatic rings. The molecule has 0 saturated carbocycles. The van der Waals surface area contributed by atoms with E-state index < -0.39 is 0 Å². The summed E-state index contributed by atoms with van der Waals surface area (Å²) in [5, 5.41) is 18.2. The van der Waals surface area contributed by atoms with Crippen molar-refractivity contribution in [2.24, 2.45) is 11.8 Å². The monoisotopic (exact) mass is 1040 g/mol. The maximum absolute atomic E-state index is 13.2. The van der Waals surface area contributed by atoms with Gasteiger partial charge in [0.1, 0.15) is 0 Å². The number of nitrogens with zero attached hydrogens (tertiary/aromatic N) is 9. The predicted octanol–water partition coefficient (Wildman–Crippen LogP) is 8.62. The van der Waals surface area contributed by atoms with Crippen LogP contribution in [0.25, 0.3) is 22.1 Å². The van der Waals surface area contributed by atoms with Crippen LogP contribution in [-0.2, 0) is 0 Å². The second-order valence-electron chi connectivity index (χ2n) is 21.8. The summed E-state index contributed by atoms with van der Waals surface area (Å²) < 4.78 is 7.40. The highest BCUT2D eigenvalue weighted by Gasteiger charge is 2.30. The summed E-state index contributed by atoms with van der Waals surface area (Å²) >= 11 is 0. The van der Waals surface area contributed by atoms with Gasteiger partial charge in [-0.3, -0.25) is 14.4 Å². The number of halogens is 1. The highest BCUT2D eigenvalue weighted by Crippen LogP contribution is 2.28. The summed E-state index contributed by atoms with van der Waals surface area (Å²) in [6, 6.07) is 25.9. The van der Waals surface area contributed by atoms with Gasteiger partial charge in [0.25, 0.3) is 0 Å². The number of fused-ring (bicyclic) bond motifs is 4. The van der Waals surface area contributed by atoms with Crippen molar-refractivity contribution in [1.29, 1.82) is 0 Å². The summed E-state index contributed by atoms with van der Waals surface area (Å²) in [4.78, 5) is 42.3. The number of rotatable bonds is 14. The third-order valence-electron chi connectivity index (χ3n) is 14.4. The minimum Gasteiger partial charge on any atom is -1.00 e. The van der Waals surface area contributed by atoms with Gasteiger partial charge in [0.2, 0.25) is 0 Å². The molecule has 0 amide bonds. The van der Waals surface area contributed by atoms with Gasteiger partial charge in [-0.15, -0.1) is 0 Å². The highest BCUT2D eigenvalue weighted by molar-refractivity contribution is 6.06. The van der Waals surface area contributed by atoms with Gasteiger partial charge in [0, 0.05) is 43.7 Å². The molecule has 0 aliphatic carbocycles. The summed E-state index contributed by atoms with van der Waals surface area (Å²) in [7, 11) is 0. The van der Waals surface area contributed by atoms with Gasteiger partial charge in [-0.1, -0.05) is 99.9 Å². The minimum absolute atomic E-state index is 0. The molecule has 2 atom stereocenters. The lowest BCUT2D eigenvalue weighted by atomic mass is 9.93. The Hall–Kier alpha value is -6.02. The molecule has 0 spiro atoms. The first-order chi connectivity index (χ1) is 35.6. The first kappa shape index (κ1) is 58.2. The Labute approximate surface area is 451 Å². The largest absolute Gasteiger partial charge is 1.00 e. The first-order valence-electron chi connectivity index (χ1n) is 27.6. The maximum atomic E-state index is 13.2. The molecule has 0 bridgehead atoms. The molecule has 2 unspecified atom stereocenters. The first-order valence-corrected chi connectivity index (χ1v) is 27.6. The van der Waals surface area contributed by atoms with Crippen molar-refractivity contribution in [1.82, 2.24) is 43.4 Å². The third kappa shape index (κ3) is 14.3. The van der Waals surface area contributed by atoms with Crippen LogP contribution >= 0.6 is 0 Å². The van der Waals surface area contributed by atoms with Crippen LogP contribution in [0.5, 0.6) is 0 Å². The Balaban J connectivity index is 0.000000166. The SMILES string of the molecule is CC(C)c1cc2ccccn2n1.CC(CN1CCCCC1)C(=O)c1c(C(C)C)nn2ccccc12.CC(C[NH+]1CCCCC1)C(=O)c1c(C(C)C)nn2ccccc12.CCC(=O)c1c(C(C)C)nn2ccccc12.[Cl-]. The summed E-state index contributed by atoms with van der Waals surface area (Å²) in [5.74, 6) is 2.00. The average Bonchev–Trinajstić information content (AvgIpc) is 4.21. The number of pyridine rings is 4. The van der Waals surface area contributed by atoms with E-state index in [1.54, 1.807) is 9.42 Å². The fraction of sp³-hybridized carbons (Fsp3) is 0.492. The average molecular weight is 1040 g/mol. The normalized spacial score (nSPS) is 15.1. The molecule has 2 aliphatic heterocycles. The molecule has 2 saturated heterocycles. The van der Waals surface area contributed by atoms with E-state index in [0.717, 1.165) is 82.2 Å². The van der Waals surface area contributed by atoms with Gasteiger partial charge in [0.05, 0.1) is 87.1 Å². The van der Waals surface area contributed by atoms with Crippen LogP contribution in [0.3, 0.4) is 0 Å². The van der Waals surface area contributed by atoms with Crippen LogP contribution < -0.4 is 17.3 Å². The number of hydrogen-bond acceptors (Lipinski definition) is 8. The van der Waals surface area contributed by atoms with Gasteiger partial charge in [0.15, 0.2) is 17.3 Å². The van der Waals surface area contributed by atoms with Gasteiger partial charge in [-0.05, 0) is 130 Å². The highest BCUT2D eigenvalue weighted by atomic mass is 35.5. The number of hydrogen-bond donors (Lipinski definition) is 1. The zero-order chi connectivity index (χ0) is 53.1. The van der Waals surface area contributed by atoms with E-state index in [9.17, 15) is 14.4 Å². The number of carbonyl (C=O) groups excluding carboxylic acids is 3. The quantitative estimate of drug-likeness (QED) is 0.107. The number of aromatic nitrogens is 8. The fourth-order valence-electron chi connectivity index (χ4n) is 10.4. The molecule has 13 nitrogen and oxygen atoms in total. The summed E-state index contributed by atoms with van der Waals surface area (Å²) in [6.45, 7) is 29.4. The van der Waals surface area contributed by atoms with Gasteiger partial charge in [-0.2, -0.15) is 20.4 Å². The van der Waals surface area contributed by atoms with Crippen molar-refractivity contribution in [3.63, 3.8) is 0 Å². The van der Waals surface area contributed by atoms with E-state index in [2.05, 4.69) is 107 Å². The number of carbonyl (C=O) groups is 3. The molecule has 10 rings (SSSR count). The van der Waals surface area contributed by atoms with Crippen LogP contribution in [0, 0.1) is 11.8 Å². The zero-order valence-corrected chi connectivity index (χ0v) is 47.4. The fourth-order valence-corrected chi connectivity index (χ4v) is 10.4. The van der Waals surface area contributed by atoms with Crippen LogP contribution in [0.1, 0.15) is 199 Å². The van der Waals surface area contributed by atoms with Crippen LogP contribution in [0.2, 0.25) is 0 Å². The summed E-state index contributed by atoms with van der Waals surface area (Å²) in [6.07, 6.45) is 16.0. The predicted molar refractivity (Wildman–Crippen MR) is 298 cm³/mol. The number of quaternary nitrogens is 1. The van der Waals surface area contributed by atoms with Gasteiger partial charge >= 0.3 is 0 Å². The van der Waals surface area contributed by atoms with Crippen molar-refractivity contribution in [2.75, 3.05) is 39.3 Å². The molecule has 402 valence electrons. The molecule has 1 N–H and O–H groups in total. The van der Waals surface area contributed by atoms with E-state index in [4.69, 9.17) is 0 Å². The Bertz CT molecular complexity index is 2960. The van der Waals surface area contributed by atoms with E-state index in [1.807, 2.05) is 112 Å². The van der Waals surface area contributed by atoms with Crippen LogP contribution in [0.15, 0.2) is 104 Å². The van der Waals surface area contributed by atoms with E-state index in [1.165, 1.54) is 57.1 Å². The minimum atomic E-state index is 0. The number of ketones is 3. The topological polar surface area (TPSA) is 128 Å². The van der Waals surface area contributed by atoms with Crippen molar-refractivity contribution in [3.05, 3.63) is 143 Å². The molecule has 2 fully saturated rings. The van der Waals surface area contributed by atoms with Crippen molar-refractivity contribution in [2.45, 2.75) is 145 Å². The molecule has 0 radical (unpaired) electrons. The standard InChI is InChI=1S/2C19H27N3O.C13H16N2O.C10H12N2.ClH/c2*1-14(2)18-17(16-9-5-8-12-22(16)20-18)19(23)15(3)13-21-10-6-4-7-11-21;1-4-11(16)12-10-7-5-6-8-15(10)14-13(12)9(2)3;1-8(2)10-7-9-5-3-4-6-12(9)11-10;/h2*5,8-9,12,14-15H,4,6-7,10-11,13H2,1-3H3;5-9H,4H2,1-3H3;3-8H,1-2H3;1H. The Morgan fingerprint density at radius 2 is 0.933 bits per heavy atom. The smallest absolute Gasteiger partial charge is 0.175 e. The molecule has 75 heavy (non-hydrogen) atoms. The second-order valence-corrected chi connectivity index (χ2v) is 21.8. The maximum Gasteiger partial charge on any atom is 0.175 e. The van der Waals surface area contributed by atoms with Gasteiger partial charge in [-0.25, -0.2) is 18.1 Å². The molecule has 0 aromatic carbocycles. The summed E-state index contributed by atoms with van der Waals surface area (Å²) in [5.41, 5.74) is 10.3. The lowest BCUT2D eigenvalue weighted by molar-refractivity contribution is -0.906. The Morgan fingerprint density at radius 3 is 1.39 bits per heavy atom. The van der Waals surface area contributed by atoms with Crippen molar-refractivity contribution < 1.29 is 31.7 Å². The second kappa shape index (κ2) is 27.2. The van der Waals surface area contributed by atoms with Crippen molar-refractivity contribution >= 4 is 39.4 Å². The number of piperidine rings is 2. The Morgan fingerprint density at radius 1 is 0.507 bits per heavy atom. The molecular weight excluding hydrogens is 956 g/mol. The van der Waals surface area contributed by atoms with Gasteiger partial charge < -0.3 is 22.2 Å².